The summed E-state index contributed by atoms with van der Waals surface area (Å²) >= 11 is 1.56. The lowest BCUT2D eigenvalue weighted by Gasteiger charge is -2.23. The molecule has 0 aliphatic rings. The normalized spacial score (nSPS) is 11.4. The van der Waals surface area contributed by atoms with E-state index in [2.05, 4.69) is 0 Å². The van der Waals surface area contributed by atoms with Gasteiger partial charge in [0.25, 0.3) is 0 Å². The molecule has 0 radical (unpaired) electrons. The van der Waals surface area contributed by atoms with Gasteiger partial charge in [-0.1, -0.05) is 0 Å². The molecular formula is C12H18O3S. The lowest BCUT2D eigenvalue weighted by Crippen LogP contribution is -2.17. The fraction of sp³-hybridized carbons (Fsp3) is 0.500. The Labute approximate surface area is 101 Å². The summed E-state index contributed by atoms with van der Waals surface area (Å²) in [5, 5.41) is 10.1. The highest BCUT2D eigenvalue weighted by molar-refractivity contribution is 7.98. The molecular weight excluding hydrogens is 224 g/mol. The van der Waals surface area contributed by atoms with Crippen LogP contribution in [0.1, 0.15) is 19.4 Å². The molecule has 0 heterocycles. The van der Waals surface area contributed by atoms with Gasteiger partial charge in [0.15, 0.2) is 0 Å². The number of ether oxygens (including phenoxy) is 2. The van der Waals surface area contributed by atoms with E-state index in [-0.39, 0.29) is 0 Å². The van der Waals surface area contributed by atoms with Crippen LogP contribution >= 0.6 is 11.8 Å². The molecule has 0 aliphatic heterocycles. The first-order valence-electron chi connectivity index (χ1n) is 4.97. The van der Waals surface area contributed by atoms with Gasteiger partial charge in [-0.25, -0.2) is 0 Å². The summed E-state index contributed by atoms with van der Waals surface area (Å²) in [6, 6.07) is 3.71. The van der Waals surface area contributed by atoms with Gasteiger partial charge in [-0.2, -0.15) is 0 Å². The molecule has 1 aromatic rings. The first kappa shape index (κ1) is 13.2. The summed E-state index contributed by atoms with van der Waals surface area (Å²) in [4.78, 5) is 0.957. The van der Waals surface area contributed by atoms with Gasteiger partial charge in [0.05, 0.1) is 24.7 Å². The molecule has 0 aliphatic carbocycles. The third-order valence-electron chi connectivity index (χ3n) is 2.35. The maximum atomic E-state index is 10.1. The summed E-state index contributed by atoms with van der Waals surface area (Å²) in [7, 11) is 3.22. The quantitative estimate of drug-likeness (QED) is 0.824. The first-order valence-corrected chi connectivity index (χ1v) is 6.19. The second-order valence-electron chi connectivity index (χ2n) is 3.97. The van der Waals surface area contributed by atoms with E-state index >= 15 is 0 Å². The number of hydrogen-bond acceptors (Lipinski definition) is 4. The van der Waals surface area contributed by atoms with E-state index in [1.165, 1.54) is 0 Å². The van der Waals surface area contributed by atoms with E-state index in [1.54, 1.807) is 45.9 Å². The minimum atomic E-state index is -0.954. The third kappa shape index (κ3) is 2.62. The van der Waals surface area contributed by atoms with Crippen LogP contribution < -0.4 is 9.47 Å². The molecule has 0 spiro atoms. The molecule has 0 saturated heterocycles. The van der Waals surface area contributed by atoms with Crippen molar-refractivity contribution in [3.8, 4) is 11.5 Å². The third-order valence-corrected chi connectivity index (χ3v) is 3.09. The molecule has 16 heavy (non-hydrogen) atoms. The van der Waals surface area contributed by atoms with Crippen molar-refractivity contribution in [3.63, 3.8) is 0 Å². The van der Waals surface area contributed by atoms with Crippen molar-refractivity contribution >= 4 is 11.8 Å². The summed E-state index contributed by atoms with van der Waals surface area (Å²) in [6.07, 6.45) is 1.96. The fourth-order valence-corrected chi connectivity index (χ4v) is 2.12. The molecule has 0 saturated carbocycles. The maximum absolute atomic E-state index is 10.1. The Morgan fingerprint density at radius 3 is 2.19 bits per heavy atom. The minimum absolute atomic E-state index is 0.709. The van der Waals surface area contributed by atoms with Crippen molar-refractivity contribution in [1.82, 2.24) is 0 Å². The topological polar surface area (TPSA) is 38.7 Å². The Morgan fingerprint density at radius 1 is 1.19 bits per heavy atom. The Hall–Kier alpha value is -0.870. The number of hydrogen-bond donors (Lipinski definition) is 1. The zero-order valence-corrected chi connectivity index (χ0v) is 11.1. The molecule has 3 nitrogen and oxygen atoms in total. The Morgan fingerprint density at radius 2 is 1.81 bits per heavy atom. The van der Waals surface area contributed by atoms with Crippen molar-refractivity contribution in [1.29, 1.82) is 0 Å². The van der Waals surface area contributed by atoms with Crippen LogP contribution in [0.15, 0.2) is 17.0 Å². The zero-order chi connectivity index (χ0) is 12.3. The van der Waals surface area contributed by atoms with E-state index in [0.29, 0.717) is 5.75 Å². The van der Waals surface area contributed by atoms with Gasteiger partial charge in [-0.15, -0.1) is 11.8 Å². The van der Waals surface area contributed by atoms with Crippen LogP contribution in [-0.4, -0.2) is 25.6 Å². The molecule has 0 bridgehead atoms. The van der Waals surface area contributed by atoms with Crippen LogP contribution in [0.3, 0.4) is 0 Å². The lowest BCUT2D eigenvalue weighted by molar-refractivity contribution is 0.0749. The van der Waals surface area contributed by atoms with Gasteiger partial charge in [-0.05, 0) is 32.2 Å². The van der Waals surface area contributed by atoms with Crippen molar-refractivity contribution in [2.75, 3.05) is 20.5 Å². The van der Waals surface area contributed by atoms with Crippen molar-refractivity contribution in [2.24, 2.45) is 0 Å². The molecule has 4 heteroatoms. The highest BCUT2D eigenvalue weighted by atomic mass is 32.2. The van der Waals surface area contributed by atoms with Crippen molar-refractivity contribution in [2.45, 2.75) is 24.3 Å². The number of rotatable bonds is 4. The first-order chi connectivity index (χ1) is 7.43. The minimum Gasteiger partial charge on any atom is -0.497 e. The van der Waals surface area contributed by atoms with Crippen LogP contribution in [0.5, 0.6) is 11.5 Å². The largest absolute Gasteiger partial charge is 0.497 e. The average molecular weight is 242 g/mol. The summed E-state index contributed by atoms with van der Waals surface area (Å²) in [5.41, 5.74) is -0.219. The van der Waals surface area contributed by atoms with E-state index in [9.17, 15) is 5.11 Å². The zero-order valence-electron chi connectivity index (χ0n) is 10.3. The fourth-order valence-electron chi connectivity index (χ4n) is 1.51. The van der Waals surface area contributed by atoms with Crippen LogP contribution in [0.25, 0.3) is 0 Å². The van der Waals surface area contributed by atoms with E-state index in [1.807, 2.05) is 12.3 Å². The summed E-state index contributed by atoms with van der Waals surface area (Å²) in [6.45, 7) is 3.46. The van der Waals surface area contributed by atoms with Crippen LogP contribution in [0.2, 0.25) is 0 Å². The van der Waals surface area contributed by atoms with E-state index in [0.717, 1.165) is 16.2 Å². The monoisotopic (exact) mass is 242 g/mol. The number of aliphatic hydroxyl groups is 1. The highest BCUT2D eigenvalue weighted by Gasteiger charge is 2.24. The molecule has 0 amide bonds. The molecule has 0 aromatic heterocycles. The van der Waals surface area contributed by atoms with Crippen molar-refractivity contribution in [3.05, 3.63) is 17.7 Å². The molecule has 1 rings (SSSR count). The second kappa shape index (κ2) is 4.97. The molecule has 0 atom stereocenters. The second-order valence-corrected chi connectivity index (χ2v) is 4.82. The summed E-state index contributed by atoms with van der Waals surface area (Å²) in [5.74, 6) is 1.43. The van der Waals surface area contributed by atoms with Crippen molar-refractivity contribution < 1.29 is 14.6 Å². The molecule has 1 aromatic carbocycles. The van der Waals surface area contributed by atoms with Gasteiger partial charge in [0.1, 0.15) is 11.5 Å². The Kier molecular flexibility index (Phi) is 4.10. The number of thioether (sulfide) groups is 1. The van der Waals surface area contributed by atoms with Gasteiger partial charge in [0, 0.05) is 5.56 Å². The van der Waals surface area contributed by atoms with Crippen LogP contribution in [-0.2, 0) is 5.60 Å². The Balaban J connectivity index is 3.43. The van der Waals surface area contributed by atoms with Gasteiger partial charge in [-0.3, -0.25) is 0 Å². The maximum Gasteiger partial charge on any atom is 0.138 e. The van der Waals surface area contributed by atoms with Gasteiger partial charge >= 0.3 is 0 Å². The molecule has 0 unspecified atom stereocenters. The predicted octanol–water partition coefficient (Wildman–Crippen LogP) is 2.65. The standard InChI is InChI=1S/C12H18O3S/c1-12(2,13)9-6-8(14-3)7-10(16-5)11(9)15-4/h6-7,13H,1-5H3. The SMILES string of the molecule is COc1cc(SC)c(OC)c(C(C)(C)O)c1. The summed E-state index contributed by atoms with van der Waals surface area (Å²) < 4.78 is 10.6. The Bertz CT molecular complexity index is 369. The lowest BCUT2D eigenvalue weighted by atomic mass is 9.97. The molecule has 1 N–H and O–H groups in total. The van der Waals surface area contributed by atoms with E-state index < -0.39 is 5.60 Å². The van der Waals surface area contributed by atoms with Crippen LogP contribution in [0.4, 0.5) is 0 Å². The molecule has 0 fully saturated rings. The van der Waals surface area contributed by atoms with Crippen LogP contribution in [0, 0.1) is 0 Å². The smallest absolute Gasteiger partial charge is 0.138 e. The highest BCUT2D eigenvalue weighted by Crippen LogP contribution is 2.40. The average Bonchev–Trinajstić information content (AvgIpc) is 2.25. The van der Waals surface area contributed by atoms with Gasteiger partial charge < -0.3 is 14.6 Å². The number of methoxy groups -OCH3 is 2. The van der Waals surface area contributed by atoms with Gasteiger partial charge in [0.2, 0.25) is 0 Å². The number of benzene rings is 1. The molecule has 90 valence electrons. The predicted molar refractivity (Wildman–Crippen MR) is 66.6 cm³/mol. The van der Waals surface area contributed by atoms with E-state index in [4.69, 9.17) is 9.47 Å².